The lowest BCUT2D eigenvalue weighted by molar-refractivity contribution is -0.139. The number of nitrogens with one attached hydrogen (secondary N) is 1. The average Bonchev–Trinajstić information content (AvgIpc) is 3.59. The number of Topliss-reactive ketones (excluding diaryl/α,β-unsaturated/α-hetero) is 1. The van der Waals surface area contributed by atoms with Crippen molar-refractivity contribution in [3.63, 3.8) is 0 Å². The number of imide groups is 2. The summed E-state index contributed by atoms with van der Waals surface area (Å²) in [7, 11) is 2.87. The molecule has 2 N–H and O–H groups in total. The predicted octanol–water partition coefficient (Wildman–Crippen LogP) is 6.66. The molecule has 11 heteroatoms. The highest BCUT2D eigenvalue weighted by atomic mass is 16.5. The Kier molecular flexibility index (Phi) is 9.11. The normalized spacial score (nSPS) is 25.5. The molecule has 0 spiro atoms. The molecule has 0 bridgehead atoms. The lowest BCUT2D eigenvalue weighted by atomic mass is 9.50. The zero-order chi connectivity index (χ0) is 39.5. The number of carbonyl (C=O) groups excluding carboxylic acids is 5. The van der Waals surface area contributed by atoms with Crippen LogP contribution in [0.15, 0.2) is 109 Å². The monoisotopic (exact) mass is 751 g/mol. The van der Waals surface area contributed by atoms with E-state index in [1.165, 1.54) is 26.0 Å². The number of hydrogen-bond acceptors (Lipinski definition) is 9. The van der Waals surface area contributed by atoms with Crippen molar-refractivity contribution < 1.29 is 38.6 Å². The van der Waals surface area contributed by atoms with Gasteiger partial charge in [-0.2, -0.15) is 5.01 Å². The molecular weight excluding hydrogens is 711 g/mol. The number of aryl methyl sites for hydroxylation is 1. The molecule has 4 amide bonds. The van der Waals surface area contributed by atoms with Gasteiger partial charge in [0.1, 0.15) is 0 Å². The van der Waals surface area contributed by atoms with E-state index in [4.69, 9.17) is 9.47 Å². The maximum atomic E-state index is 15.3. The van der Waals surface area contributed by atoms with Crippen LogP contribution < -0.4 is 19.8 Å². The summed E-state index contributed by atoms with van der Waals surface area (Å²) in [6, 6.07) is 26.4. The van der Waals surface area contributed by atoms with Crippen molar-refractivity contribution in [3.8, 4) is 17.2 Å². The van der Waals surface area contributed by atoms with Gasteiger partial charge in [0.2, 0.25) is 17.6 Å². The highest BCUT2D eigenvalue weighted by Gasteiger charge is 2.69. The van der Waals surface area contributed by atoms with E-state index in [9.17, 15) is 24.3 Å². The molecule has 3 fully saturated rings. The Morgan fingerprint density at radius 3 is 2.14 bits per heavy atom. The second-order valence-corrected chi connectivity index (χ2v) is 14.9. The molecule has 4 aromatic rings. The third-order valence-electron chi connectivity index (χ3n) is 12.0. The van der Waals surface area contributed by atoms with E-state index in [1.807, 2.05) is 79.7 Å². The number of benzene rings is 4. The largest absolute Gasteiger partial charge is 0.502 e. The number of fused-ring (bicyclic) bond motifs is 4. The summed E-state index contributed by atoms with van der Waals surface area (Å²) < 4.78 is 10.9. The third kappa shape index (κ3) is 5.60. The van der Waals surface area contributed by atoms with Crippen LogP contribution in [0.2, 0.25) is 0 Å². The lowest BCUT2D eigenvalue weighted by Crippen LogP contribution is -2.54. The quantitative estimate of drug-likeness (QED) is 0.109. The van der Waals surface area contributed by atoms with Gasteiger partial charge in [0.25, 0.3) is 11.8 Å². The van der Waals surface area contributed by atoms with Gasteiger partial charge in [-0.05, 0) is 92.3 Å². The number of anilines is 2. The van der Waals surface area contributed by atoms with E-state index in [0.717, 1.165) is 16.1 Å². The van der Waals surface area contributed by atoms with Gasteiger partial charge in [0, 0.05) is 11.5 Å². The van der Waals surface area contributed by atoms with Crippen molar-refractivity contribution in [3.05, 3.63) is 131 Å². The van der Waals surface area contributed by atoms with E-state index in [2.05, 4.69) is 5.43 Å². The number of allylic oxidation sites excluding steroid dienone is 3. The van der Waals surface area contributed by atoms with Crippen molar-refractivity contribution in [1.82, 2.24) is 5.01 Å². The number of rotatable bonds is 9. The summed E-state index contributed by atoms with van der Waals surface area (Å²) >= 11 is 0. The summed E-state index contributed by atoms with van der Waals surface area (Å²) in [5.74, 6) is -5.15. The van der Waals surface area contributed by atoms with Crippen molar-refractivity contribution in [2.24, 2.45) is 29.6 Å². The first kappa shape index (κ1) is 36.5. The summed E-state index contributed by atoms with van der Waals surface area (Å²) in [4.78, 5) is 72.0. The number of amides is 4. The van der Waals surface area contributed by atoms with Crippen LogP contribution in [0, 0.1) is 36.5 Å². The molecule has 0 aromatic heterocycles. The van der Waals surface area contributed by atoms with Gasteiger partial charge >= 0.3 is 0 Å². The summed E-state index contributed by atoms with van der Waals surface area (Å²) in [6.07, 6.45) is 6.10. The molecule has 2 saturated heterocycles. The second kappa shape index (κ2) is 14.0. The number of phenolic OH excluding ortho intramolecular Hbond substituents is 1. The molecule has 2 aliphatic carbocycles. The van der Waals surface area contributed by atoms with Crippen molar-refractivity contribution >= 4 is 46.9 Å². The van der Waals surface area contributed by atoms with E-state index >= 15 is 4.79 Å². The van der Waals surface area contributed by atoms with E-state index in [-0.39, 0.29) is 47.7 Å². The summed E-state index contributed by atoms with van der Waals surface area (Å²) in [5.41, 5.74) is 6.15. The van der Waals surface area contributed by atoms with Gasteiger partial charge in [-0.15, -0.1) is 0 Å². The first-order valence-corrected chi connectivity index (χ1v) is 18.6. The smallest absolute Gasteiger partial charge is 0.260 e. The second-order valence-electron chi connectivity index (χ2n) is 14.9. The standard InChI is InChI=1S/C45H41N3O8/c1-25-10-15-30(16-11-25)46-48-42(52)36-24-34-32(19-20-33-39(34)43(53)47(41(33)51)31-17-13-28(14-18-31)26(2)49)35(45(36,44(48)54)29-8-6-5-7-9-29)21-12-27-22-37(55-3)40(50)38(23-27)56-4/h5-19,21-23,33-36,39,46,50H,20,24H2,1-4H3/t33-,34+,35-,36-,39-,45-/m0/s1. The molecule has 4 aliphatic rings. The number of hydrogen-bond donors (Lipinski definition) is 2. The van der Waals surface area contributed by atoms with Crippen molar-refractivity contribution in [1.29, 1.82) is 0 Å². The molecule has 0 unspecified atom stereocenters. The molecular formula is C45H41N3O8. The minimum Gasteiger partial charge on any atom is -0.502 e. The van der Waals surface area contributed by atoms with Crippen molar-refractivity contribution in [2.75, 3.05) is 24.5 Å². The molecule has 284 valence electrons. The summed E-state index contributed by atoms with van der Waals surface area (Å²) in [6.45, 7) is 3.40. The van der Waals surface area contributed by atoms with Crippen LogP contribution in [-0.2, 0) is 24.6 Å². The molecule has 2 aliphatic heterocycles. The summed E-state index contributed by atoms with van der Waals surface area (Å²) in [5, 5.41) is 11.8. The number of ether oxygens (including phenoxy) is 2. The van der Waals surface area contributed by atoms with Gasteiger partial charge in [-0.25, -0.2) is 0 Å². The zero-order valence-electron chi connectivity index (χ0n) is 31.4. The third-order valence-corrected chi connectivity index (χ3v) is 12.0. The molecule has 1 saturated carbocycles. The van der Waals surface area contributed by atoms with Gasteiger partial charge in [-0.3, -0.25) is 34.3 Å². The maximum Gasteiger partial charge on any atom is 0.260 e. The highest BCUT2D eigenvalue weighted by Crippen LogP contribution is 2.61. The number of carbonyl (C=O) groups is 5. The predicted molar refractivity (Wildman–Crippen MR) is 209 cm³/mol. The topological polar surface area (TPSA) is 143 Å². The van der Waals surface area contributed by atoms with Crippen LogP contribution in [0.3, 0.4) is 0 Å². The van der Waals surface area contributed by atoms with E-state index in [1.54, 1.807) is 36.4 Å². The van der Waals surface area contributed by atoms with E-state index < -0.39 is 46.8 Å². The highest BCUT2D eigenvalue weighted by molar-refractivity contribution is 6.22. The molecule has 6 atom stereocenters. The van der Waals surface area contributed by atoms with Crippen LogP contribution in [0.25, 0.3) is 6.08 Å². The fraction of sp³-hybridized carbons (Fsp3) is 0.267. The number of nitrogens with zero attached hydrogens (tertiary/aromatic N) is 2. The number of hydrazine groups is 1. The van der Waals surface area contributed by atoms with Gasteiger partial charge < -0.3 is 14.6 Å². The Bertz CT molecular complexity index is 2310. The van der Waals surface area contributed by atoms with Crippen LogP contribution in [0.1, 0.15) is 46.8 Å². The average molecular weight is 752 g/mol. The van der Waals surface area contributed by atoms with Gasteiger partial charge in [0.15, 0.2) is 17.3 Å². The Morgan fingerprint density at radius 1 is 0.857 bits per heavy atom. The van der Waals surface area contributed by atoms with Gasteiger partial charge in [-0.1, -0.05) is 71.8 Å². The maximum absolute atomic E-state index is 15.3. The number of methoxy groups -OCH3 is 2. The van der Waals surface area contributed by atoms with E-state index in [0.29, 0.717) is 28.1 Å². The van der Waals surface area contributed by atoms with Crippen LogP contribution in [0.5, 0.6) is 17.2 Å². The number of aromatic hydroxyl groups is 1. The fourth-order valence-electron chi connectivity index (χ4n) is 9.31. The van der Waals surface area contributed by atoms with Crippen molar-refractivity contribution in [2.45, 2.75) is 32.1 Å². The van der Waals surface area contributed by atoms with Crippen LogP contribution in [-0.4, -0.2) is 53.7 Å². The molecule has 2 heterocycles. The minimum absolute atomic E-state index is 0.132. The number of ketones is 1. The SMILES string of the molecule is COc1cc(C=C[C@H]2C3=CC[C@@H]4C(=O)N(c5ccc(C(C)=O)cc5)C(=O)[C@@H]4[C@@H]3C[C@H]3C(=O)N(Nc4ccc(C)cc4)C(=O)[C@@]23c2ccccc2)cc(OC)c1O. The molecule has 8 rings (SSSR count). The minimum atomic E-state index is -1.43. The Balaban J connectivity index is 1.28. The first-order chi connectivity index (χ1) is 27.0. The van der Waals surface area contributed by atoms with Crippen LogP contribution >= 0.6 is 0 Å². The Hall–Kier alpha value is -6.49. The Morgan fingerprint density at radius 2 is 1.52 bits per heavy atom. The first-order valence-electron chi connectivity index (χ1n) is 18.6. The molecule has 56 heavy (non-hydrogen) atoms. The lowest BCUT2D eigenvalue weighted by Gasteiger charge is -2.49. The number of phenols is 1. The molecule has 4 aromatic carbocycles. The molecule has 11 nitrogen and oxygen atoms in total. The molecule has 0 radical (unpaired) electrons. The fourth-order valence-corrected chi connectivity index (χ4v) is 9.31. The Labute approximate surface area is 324 Å². The van der Waals surface area contributed by atoms with Crippen LogP contribution in [0.4, 0.5) is 11.4 Å². The van der Waals surface area contributed by atoms with Gasteiger partial charge in [0.05, 0.1) is 48.8 Å². The zero-order valence-corrected chi connectivity index (χ0v) is 31.4.